The molecular weight excluding hydrogens is 909 g/mol. The molecule has 0 bridgehead atoms. The molecule has 75 heavy (non-hydrogen) atoms. The fourth-order valence-corrected chi connectivity index (χ4v) is 11.7. The average molecular weight is 955 g/mol. The van der Waals surface area contributed by atoms with Crippen molar-refractivity contribution in [1.29, 1.82) is 0 Å². The van der Waals surface area contributed by atoms with E-state index in [0.717, 1.165) is 72.3 Å². The summed E-state index contributed by atoms with van der Waals surface area (Å²) in [7, 11) is 0. The molecular formula is C72H46N2O. The molecule has 3 heteroatoms. The van der Waals surface area contributed by atoms with E-state index in [1.165, 1.54) is 71.0 Å². The lowest BCUT2D eigenvalue weighted by Crippen LogP contribution is -2.09. The summed E-state index contributed by atoms with van der Waals surface area (Å²) in [5.74, 6) is 0. The second kappa shape index (κ2) is 17.4. The molecule has 0 saturated carbocycles. The topological polar surface area (TPSA) is 21.3 Å². The molecule has 2 heterocycles. The summed E-state index contributed by atoms with van der Waals surface area (Å²) < 4.78 is 9.01. The fraction of sp³-hybridized carbons (Fsp3) is 0. The van der Waals surface area contributed by atoms with Gasteiger partial charge in [0.1, 0.15) is 11.2 Å². The number of rotatable bonds is 8. The Labute approximate surface area is 434 Å². The van der Waals surface area contributed by atoms with Crippen molar-refractivity contribution in [2.24, 2.45) is 0 Å². The van der Waals surface area contributed by atoms with Crippen LogP contribution >= 0.6 is 0 Å². The lowest BCUT2D eigenvalue weighted by molar-refractivity contribution is 0.673. The van der Waals surface area contributed by atoms with E-state index in [-0.39, 0.29) is 0 Å². The Hall–Kier alpha value is -9.96. The van der Waals surface area contributed by atoms with Crippen LogP contribution in [0, 0.1) is 0 Å². The third kappa shape index (κ3) is 7.20. The first-order valence-corrected chi connectivity index (χ1v) is 25.7. The summed E-state index contributed by atoms with van der Waals surface area (Å²) in [5, 5.41) is 12.2. The summed E-state index contributed by atoms with van der Waals surface area (Å²) in [6.07, 6.45) is 0. The highest BCUT2D eigenvalue weighted by Gasteiger charge is 2.18. The smallest absolute Gasteiger partial charge is 0.143 e. The Morgan fingerprint density at radius 2 is 0.680 bits per heavy atom. The molecule has 0 aliphatic carbocycles. The van der Waals surface area contributed by atoms with E-state index >= 15 is 0 Å². The van der Waals surface area contributed by atoms with Crippen molar-refractivity contribution in [3.8, 4) is 50.2 Å². The zero-order valence-electron chi connectivity index (χ0n) is 40.9. The van der Waals surface area contributed by atoms with Crippen LogP contribution in [0.1, 0.15) is 0 Å². The van der Waals surface area contributed by atoms with E-state index in [2.05, 4.69) is 289 Å². The molecule has 13 aromatic carbocycles. The second-order valence-corrected chi connectivity index (χ2v) is 19.6. The monoisotopic (exact) mass is 954 g/mol. The Morgan fingerprint density at radius 3 is 1.32 bits per heavy atom. The minimum absolute atomic E-state index is 0.890. The van der Waals surface area contributed by atoms with E-state index in [1.807, 2.05) is 0 Å². The molecule has 0 unspecified atom stereocenters. The molecule has 0 aliphatic heterocycles. The summed E-state index contributed by atoms with van der Waals surface area (Å²) in [6.45, 7) is 0. The third-order valence-electron chi connectivity index (χ3n) is 15.4. The Morgan fingerprint density at radius 1 is 0.267 bits per heavy atom. The Kier molecular flexibility index (Phi) is 9.89. The summed E-state index contributed by atoms with van der Waals surface area (Å²) >= 11 is 0. The van der Waals surface area contributed by atoms with Crippen LogP contribution in [0.4, 0.5) is 17.1 Å². The summed E-state index contributed by atoms with van der Waals surface area (Å²) in [6, 6.07) is 101. The van der Waals surface area contributed by atoms with E-state index in [0.29, 0.717) is 0 Å². The first-order chi connectivity index (χ1) is 37.2. The van der Waals surface area contributed by atoms with Gasteiger partial charge in [-0.1, -0.05) is 200 Å². The van der Waals surface area contributed by atoms with Crippen molar-refractivity contribution >= 4 is 93.1 Å². The zero-order valence-corrected chi connectivity index (χ0v) is 40.9. The lowest BCUT2D eigenvalue weighted by Gasteiger charge is -2.26. The maximum atomic E-state index is 6.60. The number of furan rings is 1. The van der Waals surface area contributed by atoms with Crippen LogP contribution in [-0.2, 0) is 0 Å². The highest BCUT2D eigenvalue weighted by Crippen LogP contribution is 2.42. The van der Waals surface area contributed by atoms with Gasteiger partial charge in [-0.15, -0.1) is 0 Å². The van der Waals surface area contributed by atoms with Crippen LogP contribution in [0.3, 0.4) is 0 Å². The maximum absolute atomic E-state index is 6.60. The van der Waals surface area contributed by atoms with E-state index in [1.54, 1.807) is 0 Å². The van der Waals surface area contributed by atoms with Crippen molar-refractivity contribution < 1.29 is 4.42 Å². The van der Waals surface area contributed by atoms with Crippen LogP contribution in [0.2, 0.25) is 0 Å². The van der Waals surface area contributed by atoms with Crippen LogP contribution in [0.25, 0.3) is 126 Å². The van der Waals surface area contributed by atoms with Gasteiger partial charge in [-0.25, -0.2) is 0 Å². The molecule has 0 atom stereocenters. The van der Waals surface area contributed by atoms with Gasteiger partial charge >= 0.3 is 0 Å². The van der Waals surface area contributed by atoms with Gasteiger partial charge in [-0.05, 0) is 145 Å². The minimum Gasteiger partial charge on any atom is -0.455 e. The van der Waals surface area contributed by atoms with Crippen molar-refractivity contribution in [1.82, 2.24) is 4.57 Å². The third-order valence-corrected chi connectivity index (χ3v) is 15.4. The minimum atomic E-state index is 0.890. The largest absolute Gasteiger partial charge is 0.455 e. The number of hydrogen-bond acceptors (Lipinski definition) is 2. The second-order valence-electron chi connectivity index (χ2n) is 19.6. The van der Waals surface area contributed by atoms with E-state index in [4.69, 9.17) is 4.42 Å². The van der Waals surface area contributed by atoms with Crippen LogP contribution < -0.4 is 4.90 Å². The van der Waals surface area contributed by atoms with Crippen LogP contribution in [-0.4, -0.2) is 4.57 Å². The van der Waals surface area contributed by atoms with Crippen LogP contribution in [0.15, 0.2) is 283 Å². The van der Waals surface area contributed by atoms with Gasteiger partial charge in [-0.2, -0.15) is 0 Å². The average Bonchev–Trinajstić information content (AvgIpc) is 4.06. The molecule has 0 aliphatic rings. The number of benzene rings is 13. The SMILES string of the molecule is c1ccc(-n2c3ccccc3c3ccccc32)c(-c2ccc(N(c3ccc(-c4ccc(-c5ccc6c(ccc7ccccc76)c5)cc4)cc3)c3ccc(-c4ccc5c(c4)oc4c6ccccc6ccc54)cc3)cc2)c1. The van der Waals surface area contributed by atoms with Gasteiger partial charge in [0.05, 0.1) is 16.7 Å². The number of anilines is 3. The van der Waals surface area contributed by atoms with Crippen molar-refractivity contribution in [3.63, 3.8) is 0 Å². The summed E-state index contributed by atoms with van der Waals surface area (Å²) in [4.78, 5) is 2.36. The Balaban J connectivity index is 0.781. The Bertz CT molecular complexity index is 4620. The first-order valence-electron chi connectivity index (χ1n) is 25.7. The predicted octanol–water partition coefficient (Wildman–Crippen LogP) is 20.3. The maximum Gasteiger partial charge on any atom is 0.143 e. The molecule has 3 nitrogen and oxygen atoms in total. The predicted molar refractivity (Wildman–Crippen MR) is 317 cm³/mol. The molecule has 0 fully saturated rings. The molecule has 0 saturated heterocycles. The molecule has 350 valence electrons. The molecule has 15 aromatic rings. The number of hydrogen-bond donors (Lipinski definition) is 0. The molecule has 15 rings (SSSR count). The van der Waals surface area contributed by atoms with Crippen molar-refractivity contribution in [2.75, 3.05) is 4.90 Å². The van der Waals surface area contributed by atoms with Crippen LogP contribution in [0.5, 0.6) is 0 Å². The lowest BCUT2D eigenvalue weighted by atomic mass is 9.96. The fourth-order valence-electron chi connectivity index (χ4n) is 11.7. The van der Waals surface area contributed by atoms with E-state index in [9.17, 15) is 0 Å². The van der Waals surface area contributed by atoms with Gasteiger partial charge in [0.25, 0.3) is 0 Å². The molecule has 0 N–H and O–H groups in total. The zero-order chi connectivity index (χ0) is 49.4. The number of nitrogens with zero attached hydrogens (tertiary/aromatic N) is 2. The summed E-state index contributed by atoms with van der Waals surface area (Å²) in [5.41, 5.74) is 17.9. The normalized spacial score (nSPS) is 11.7. The number of para-hydroxylation sites is 3. The molecule has 0 spiro atoms. The van der Waals surface area contributed by atoms with Gasteiger partial charge in [0.2, 0.25) is 0 Å². The molecule has 0 amide bonds. The standard InChI is InChI=1S/C72H46N2O/c1-3-13-60-51(11-1)25-26-56-45-54(34-42-61(56)60)49-23-21-47(22-24-49)48-27-36-57(37-28-48)73(58-38-29-50(30-39-58)55-35-43-66-67-44-33-52-12-2-4-15-63(52)72(67)75-71(66)46-55)59-40-31-53(32-41-59)62-14-5-8-18-68(62)74-69-19-9-6-16-64(69)65-17-7-10-20-70(65)74/h1-46H. The van der Waals surface area contributed by atoms with Gasteiger partial charge in [0, 0.05) is 49.6 Å². The quantitative estimate of drug-likeness (QED) is 0.142. The van der Waals surface area contributed by atoms with Gasteiger partial charge in [0.15, 0.2) is 0 Å². The highest BCUT2D eigenvalue weighted by atomic mass is 16.3. The van der Waals surface area contributed by atoms with Crippen molar-refractivity contribution in [2.45, 2.75) is 0 Å². The number of aromatic nitrogens is 1. The number of fused-ring (bicyclic) bond motifs is 11. The van der Waals surface area contributed by atoms with Crippen molar-refractivity contribution in [3.05, 3.63) is 279 Å². The first kappa shape index (κ1) is 42.7. The van der Waals surface area contributed by atoms with E-state index < -0.39 is 0 Å². The molecule has 2 aromatic heterocycles. The highest BCUT2D eigenvalue weighted by molar-refractivity contribution is 6.15. The molecule has 0 radical (unpaired) electrons. The van der Waals surface area contributed by atoms with Gasteiger partial charge in [-0.3, -0.25) is 0 Å². The van der Waals surface area contributed by atoms with Gasteiger partial charge < -0.3 is 13.9 Å².